The topological polar surface area (TPSA) is 95.9 Å². The van der Waals surface area contributed by atoms with Crippen LogP contribution in [0.5, 0.6) is 0 Å². The minimum Gasteiger partial charge on any atom is -0.396 e. The van der Waals surface area contributed by atoms with Crippen LogP contribution in [0.25, 0.3) is 0 Å². The number of carbonyl (C=O) groups excluding carboxylic acids is 1. The molecule has 0 aromatic heterocycles. The number of hydrogen-bond acceptors (Lipinski definition) is 5. The third-order valence-corrected chi connectivity index (χ3v) is 3.39. The highest BCUT2D eigenvalue weighted by molar-refractivity contribution is 7.88. The summed E-state index contributed by atoms with van der Waals surface area (Å²) in [7, 11) is -3.26. The molecule has 0 bridgehead atoms. The van der Waals surface area contributed by atoms with Crippen LogP contribution < -0.4 is 4.72 Å². The van der Waals surface area contributed by atoms with Gasteiger partial charge >= 0.3 is 0 Å². The van der Waals surface area contributed by atoms with Crippen molar-refractivity contribution in [2.45, 2.75) is 39.2 Å². The maximum Gasteiger partial charge on any atom is 0.248 e. The molecule has 0 spiro atoms. The summed E-state index contributed by atoms with van der Waals surface area (Å²) in [5.41, 5.74) is 0. The molecule has 1 atom stereocenters. The molecule has 0 saturated heterocycles. The first-order valence-electron chi connectivity index (χ1n) is 7.04. The predicted molar refractivity (Wildman–Crippen MR) is 80.6 cm³/mol. The highest BCUT2D eigenvalue weighted by Crippen LogP contribution is 2.11. The lowest BCUT2D eigenvalue weighted by molar-refractivity contribution is -0.212. The number of nitrogens with zero attached hydrogens (tertiary/aromatic N) is 1. The molecule has 0 heterocycles. The summed E-state index contributed by atoms with van der Waals surface area (Å²) in [4.78, 5) is 17.6. The van der Waals surface area contributed by atoms with Crippen molar-refractivity contribution in [1.29, 1.82) is 0 Å². The van der Waals surface area contributed by atoms with E-state index in [0.29, 0.717) is 25.8 Å². The summed E-state index contributed by atoms with van der Waals surface area (Å²) in [6.07, 6.45) is 1.84. The van der Waals surface area contributed by atoms with Gasteiger partial charge in [0.1, 0.15) is 0 Å². The third kappa shape index (κ3) is 9.78. The lowest BCUT2D eigenvalue weighted by Gasteiger charge is -2.28. The van der Waals surface area contributed by atoms with Crippen LogP contribution in [0.15, 0.2) is 0 Å². The van der Waals surface area contributed by atoms with Gasteiger partial charge in [0.25, 0.3) is 0 Å². The maximum atomic E-state index is 12.0. The summed E-state index contributed by atoms with van der Waals surface area (Å²) in [6.45, 7) is 7.70. The molecule has 1 radical (unpaired) electrons. The quantitative estimate of drug-likeness (QED) is 0.534. The minimum absolute atomic E-state index is 0.0996. The first kappa shape index (κ1) is 20.3. The van der Waals surface area contributed by atoms with Gasteiger partial charge in [-0.2, -0.15) is 0 Å². The molecular weight excluding hydrogens is 296 g/mol. The van der Waals surface area contributed by atoms with E-state index in [9.17, 15) is 13.2 Å². The van der Waals surface area contributed by atoms with E-state index in [-0.39, 0.29) is 25.0 Å². The summed E-state index contributed by atoms with van der Waals surface area (Å²) in [6, 6.07) is 0. The molecule has 2 N–H and O–H groups in total. The highest BCUT2D eigenvalue weighted by atomic mass is 32.2. The average molecular weight is 323 g/mol. The molecule has 0 aliphatic heterocycles. The van der Waals surface area contributed by atoms with Crippen LogP contribution in [0.4, 0.5) is 0 Å². The van der Waals surface area contributed by atoms with Crippen LogP contribution in [0.2, 0.25) is 0 Å². The first-order valence-corrected chi connectivity index (χ1v) is 8.93. The second-order valence-electron chi connectivity index (χ2n) is 5.14. The molecule has 0 saturated carbocycles. The lowest BCUT2D eigenvalue weighted by Crippen LogP contribution is -2.39. The molecule has 0 rings (SSSR count). The Labute approximate surface area is 127 Å². The van der Waals surface area contributed by atoms with Gasteiger partial charge in [0.05, 0.1) is 12.4 Å². The molecule has 7 nitrogen and oxygen atoms in total. The predicted octanol–water partition coefficient (Wildman–Crippen LogP) is 0.317. The number of aliphatic hydroxyl groups is 1. The van der Waals surface area contributed by atoms with Crippen LogP contribution >= 0.6 is 0 Å². The van der Waals surface area contributed by atoms with Crippen molar-refractivity contribution in [3.05, 3.63) is 6.92 Å². The number of hydroxylamine groups is 2. The summed E-state index contributed by atoms with van der Waals surface area (Å²) in [5.74, 6) is -0.363. The van der Waals surface area contributed by atoms with E-state index in [2.05, 4.69) is 11.6 Å². The van der Waals surface area contributed by atoms with E-state index in [1.165, 1.54) is 5.06 Å². The fourth-order valence-electron chi connectivity index (χ4n) is 1.63. The number of amides is 1. The van der Waals surface area contributed by atoms with E-state index < -0.39 is 16.1 Å². The lowest BCUT2D eigenvalue weighted by atomic mass is 10.2. The van der Waals surface area contributed by atoms with E-state index in [0.717, 1.165) is 6.26 Å². The number of carbonyl (C=O) groups is 1. The molecular formula is C13H27N2O5S. The van der Waals surface area contributed by atoms with Gasteiger partial charge in [0.2, 0.25) is 15.9 Å². The normalized spacial score (nSPS) is 13.4. The number of rotatable bonds is 11. The summed E-state index contributed by atoms with van der Waals surface area (Å²) in [5, 5.41) is 10.3. The van der Waals surface area contributed by atoms with Crippen molar-refractivity contribution in [3.63, 3.8) is 0 Å². The smallest absolute Gasteiger partial charge is 0.248 e. The number of aliphatic hydroxyl groups excluding tert-OH is 1. The van der Waals surface area contributed by atoms with E-state index in [1.54, 1.807) is 13.8 Å². The molecule has 0 aromatic rings. The monoisotopic (exact) mass is 323 g/mol. The molecule has 0 fully saturated rings. The van der Waals surface area contributed by atoms with Gasteiger partial charge in [0, 0.05) is 25.6 Å². The Morgan fingerprint density at radius 3 is 2.43 bits per heavy atom. The molecule has 0 aliphatic rings. The van der Waals surface area contributed by atoms with Crippen molar-refractivity contribution < 1.29 is 23.2 Å². The summed E-state index contributed by atoms with van der Waals surface area (Å²) < 4.78 is 24.4. The second kappa shape index (κ2) is 10.1. The van der Waals surface area contributed by atoms with Gasteiger partial charge in [-0.05, 0) is 19.3 Å². The Hall–Kier alpha value is -0.700. The Bertz CT molecular complexity index is 397. The Kier molecular flexibility index (Phi) is 9.76. The van der Waals surface area contributed by atoms with Gasteiger partial charge in [-0.25, -0.2) is 18.2 Å². The Morgan fingerprint density at radius 1 is 1.38 bits per heavy atom. The van der Waals surface area contributed by atoms with Gasteiger partial charge in [-0.1, -0.05) is 20.8 Å². The SMILES string of the molecule is [CH2]CCN(OC(CCO)CCNS(C)(=O)=O)C(=O)C(C)C. The zero-order chi connectivity index (χ0) is 16.5. The van der Waals surface area contributed by atoms with Crippen LogP contribution in [0.1, 0.15) is 33.1 Å². The van der Waals surface area contributed by atoms with Crippen molar-refractivity contribution in [1.82, 2.24) is 9.79 Å². The summed E-state index contributed by atoms with van der Waals surface area (Å²) >= 11 is 0. The highest BCUT2D eigenvalue weighted by Gasteiger charge is 2.21. The van der Waals surface area contributed by atoms with Crippen molar-refractivity contribution in [2.24, 2.45) is 5.92 Å². The standard InChI is InChI=1S/C13H27N2O5S/c1-5-9-15(13(17)11(2)3)20-12(7-10-16)6-8-14-21(4,18)19/h11-12,14,16H,1,5-10H2,2-4H3. The fourth-order valence-corrected chi connectivity index (χ4v) is 2.11. The van der Waals surface area contributed by atoms with Crippen molar-refractivity contribution in [3.8, 4) is 0 Å². The van der Waals surface area contributed by atoms with Gasteiger partial charge in [-0.15, -0.1) is 0 Å². The van der Waals surface area contributed by atoms with E-state index >= 15 is 0 Å². The molecule has 1 amide bonds. The van der Waals surface area contributed by atoms with Gasteiger partial charge in [-0.3, -0.25) is 9.63 Å². The third-order valence-electron chi connectivity index (χ3n) is 2.66. The Balaban J connectivity index is 4.58. The molecule has 0 aliphatic carbocycles. The number of nitrogens with one attached hydrogen (secondary N) is 1. The largest absolute Gasteiger partial charge is 0.396 e. The molecule has 125 valence electrons. The Morgan fingerprint density at radius 2 is 2.00 bits per heavy atom. The van der Waals surface area contributed by atoms with Crippen LogP contribution in [-0.4, -0.2) is 56.6 Å². The average Bonchev–Trinajstić information content (AvgIpc) is 2.35. The second-order valence-corrected chi connectivity index (χ2v) is 6.98. The molecule has 0 aromatic carbocycles. The van der Waals surface area contributed by atoms with Crippen molar-refractivity contribution >= 4 is 15.9 Å². The van der Waals surface area contributed by atoms with Crippen LogP contribution in [0.3, 0.4) is 0 Å². The zero-order valence-corrected chi connectivity index (χ0v) is 13.9. The van der Waals surface area contributed by atoms with Crippen molar-refractivity contribution in [2.75, 3.05) is 26.0 Å². The van der Waals surface area contributed by atoms with Crippen LogP contribution in [0, 0.1) is 12.8 Å². The van der Waals surface area contributed by atoms with E-state index in [4.69, 9.17) is 9.94 Å². The molecule has 8 heteroatoms. The number of hydrogen-bond donors (Lipinski definition) is 2. The zero-order valence-electron chi connectivity index (χ0n) is 13.0. The molecule has 1 unspecified atom stereocenters. The minimum atomic E-state index is -3.26. The first-order chi connectivity index (χ1) is 9.71. The molecule has 21 heavy (non-hydrogen) atoms. The van der Waals surface area contributed by atoms with Gasteiger partial charge < -0.3 is 5.11 Å². The maximum absolute atomic E-state index is 12.0. The number of sulfonamides is 1. The fraction of sp³-hybridized carbons (Fsp3) is 0.846. The van der Waals surface area contributed by atoms with Crippen LogP contribution in [-0.2, 0) is 19.7 Å². The van der Waals surface area contributed by atoms with E-state index in [1.807, 2.05) is 0 Å². The van der Waals surface area contributed by atoms with Gasteiger partial charge in [0.15, 0.2) is 0 Å².